The molecule has 7 nitrogen and oxygen atoms in total. The summed E-state index contributed by atoms with van der Waals surface area (Å²) in [7, 11) is -3.86. The highest BCUT2D eigenvalue weighted by molar-refractivity contribution is 7.89. The van der Waals surface area contributed by atoms with E-state index in [9.17, 15) is 22.4 Å². The lowest BCUT2D eigenvalue weighted by molar-refractivity contribution is -0.152. The predicted octanol–water partition coefficient (Wildman–Crippen LogP) is 3.37. The third-order valence-electron chi connectivity index (χ3n) is 5.06. The van der Waals surface area contributed by atoms with Crippen molar-refractivity contribution in [1.29, 1.82) is 0 Å². The first-order valence-electron chi connectivity index (χ1n) is 9.66. The van der Waals surface area contributed by atoms with Gasteiger partial charge in [-0.05, 0) is 61.7 Å². The summed E-state index contributed by atoms with van der Waals surface area (Å²) in [6, 6.07) is 9.59. The van der Waals surface area contributed by atoms with E-state index in [0.29, 0.717) is 29.1 Å². The molecule has 1 aliphatic rings. The van der Waals surface area contributed by atoms with Crippen molar-refractivity contribution in [2.24, 2.45) is 5.92 Å². The molecule has 2 aromatic carbocycles. The Bertz CT molecular complexity index is 1080. The second-order valence-electron chi connectivity index (χ2n) is 7.22. The van der Waals surface area contributed by atoms with E-state index >= 15 is 0 Å². The average Bonchev–Trinajstić information content (AvgIpc) is 2.75. The lowest BCUT2D eigenvalue weighted by Gasteiger charge is -2.30. The van der Waals surface area contributed by atoms with Gasteiger partial charge in [-0.2, -0.15) is 4.31 Å². The second-order valence-corrected chi connectivity index (χ2v) is 9.57. The van der Waals surface area contributed by atoms with E-state index in [0.717, 1.165) is 12.1 Å². The Morgan fingerprint density at radius 2 is 1.94 bits per heavy atom. The van der Waals surface area contributed by atoms with Crippen molar-refractivity contribution in [2.75, 3.05) is 25.0 Å². The molecule has 31 heavy (non-hydrogen) atoms. The van der Waals surface area contributed by atoms with E-state index in [1.807, 2.05) is 0 Å². The van der Waals surface area contributed by atoms with Crippen LogP contribution in [0.15, 0.2) is 47.4 Å². The van der Waals surface area contributed by atoms with Gasteiger partial charge in [-0.3, -0.25) is 9.59 Å². The highest BCUT2D eigenvalue weighted by atomic mass is 35.5. The number of hydrogen-bond donors (Lipinski definition) is 1. The topological polar surface area (TPSA) is 92.8 Å². The molecule has 1 fully saturated rings. The van der Waals surface area contributed by atoms with Gasteiger partial charge in [0.05, 0.1) is 10.8 Å². The molecule has 0 aliphatic carbocycles. The Labute approximate surface area is 185 Å². The van der Waals surface area contributed by atoms with Gasteiger partial charge >= 0.3 is 5.97 Å². The van der Waals surface area contributed by atoms with Gasteiger partial charge in [-0.25, -0.2) is 12.8 Å². The summed E-state index contributed by atoms with van der Waals surface area (Å²) in [6.07, 6.45) is 0.914. The van der Waals surface area contributed by atoms with Crippen LogP contribution in [0.4, 0.5) is 10.1 Å². The maximum absolute atomic E-state index is 13.1. The molecule has 10 heteroatoms. The zero-order valence-corrected chi connectivity index (χ0v) is 18.4. The Morgan fingerprint density at radius 3 is 2.65 bits per heavy atom. The van der Waals surface area contributed by atoms with Gasteiger partial charge < -0.3 is 10.1 Å². The molecular weight excluding hydrogens is 447 g/mol. The molecule has 0 bridgehead atoms. The highest BCUT2D eigenvalue weighted by Crippen LogP contribution is 2.25. The number of hydrogen-bond acceptors (Lipinski definition) is 5. The fraction of sp³-hybridized carbons (Fsp3) is 0.333. The third kappa shape index (κ3) is 5.61. The van der Waals surface area contributed by atoms with Crippen molar-refractivity contribution >= 4 is 39.2 Å². The molecule has 1 aliphatic heterocycles. The Morgan fingerprint density at radius 1 is 1.23 bits per heavy atom. The van der Waals surface area contributed by atoms with Gasteiger partial charge in [0.1, 0.15) is 5.82 Å². The molecule has 1 unspecified atom stereocenters. The predicted molar refractivity (Wildman–Crippen MR) is 114 cm³/mol. The van der Waals surface area contributed by atoms with Crippen LogP contribution in [0.3, 0.4) is 0 Å². The lowest BCUT2D eigenvalue weighted by atomic mass is 10.00. The van der Waals surface area contributed by atoms with E-state index in [1.54, 1.807) is 25.1 Å². The van der Waals surface area contributed by atoms with Crippen LogP contribution in [-0.2, 0) is 24.3 Å². The summed E-state index contributed by atoms with van der Waals surface area (Å²) in [4.78, 5) is 24.5. The van der Waals surface area contributed by atoms with Crippen molar-refractivity contribution in [3.8, 4) is 0 Å². The van der Waals surface area contributed by atoms with E-state index in [-0.39, 0.29) is 18.0 Å². The fourth-order valence-electron chi connectivity index (χ4n) is 3.29. The van der Waals surface area contributed by atoms with E-state index in [2.05, 4.69) is 5.32 Å². The fourth-order valence-corrected chi connectivity index (χ4v) is 4.99. The number of ether oxygens (including phenoxy) is 1. The van der Waals surface area contributed by atoms with Crippen LogP contribution >= 0.6 is 11.6 Å². The third-order valence-corrected chi connectivity index (χ3v) is 7.35. The number of esters is 1. The van der Waals surface area contributed by atoms with Gasteiger partial charge in [0.25, 0.3) is 5.91 Å². The molecule has 166 valence electrons. The smallest absolute Gasteiger partial charge is 0.310 e. The van der Waals surface area contributed by atoms with Crippen molar-refractivity contribution in [2.45, 2.75) is 24.7 Å². The summed E-state index contributed by atoms with van der Waals surface area (Å²) >= 11 is 6.02. The number of sulfonamides is 1. The highest BCUT2D eigenvalue weighted by Gasteiger charge is 2.34. The molecule has 1 atom stereocenters. The SMILES string of the molecule is Cc1c(Cl)cccc1NC(=O)COC(=O)C1CCCN(S(=O)(=O)c2ccc(F)cc2)C1. The van der Waals surface area contributed by atoms with Gasteiger partial charge in [-0.1, -0.05) is 17.7 Å². The van der Waals surface area contributed by atoms with Gasteiger partial charge in [0.15, 0.2) is 6.61 Å². The number of nitrogens with zero attached hydrogens (tertiary/aromatic N) is 1. The minimum atomic E-state index is -3.86. The summed E-state index contributed by atoms with van der Waals surface area (Å²) in [5.74, 6) is -2.39. The van der Waals surface area contributed by atoms with Crippen LogP contribution in [0.2, 0.25) is 5.02 Å². The van der Waals surface area contributed by atoms with Crippen LogP contribution in [0, 0.1) is 18.7 Å². The van der Waals surface area contributed by atoms with Crippen LogP contribution < -0.4 is 5.32 Å². The lowest BCUT2D eigenvalue weighted by Crippen LogP contribution is -2.43. The molecule has 1 heterocycles. The maximum Gasteiger partial charge on any atom is 0.310 e. The van der Waals surface area contributed by atoms with Crippen LogP contribution in [0.1, 0.15) is 18.4 Å². The molecule has 3 rings (SSSR count). The quantitative estimate of drug-likeness (QED) is 0.656. The summed E-state index contributed by atoms with van der Waals surface area (Å²) < 4.78 is 44.9. The van der Waals surface area contributed by atoms with Crippen LogP contribution in [0.5, 0.6) is 0 Å². The van der Waals surface area contributed by atoms with E-state index in [4.69, 9.17) is 16.3 Å². The molecule has 0 aromatic heterocycles. The molecule has 1 amide bonds. The first-order chi connectivity index (χ1) is 14.7. The number of piperidine rings is 1. The number of nitrogens with one attached hydrogen (secondary N) is 1. The largest absolute Gasteiger partial charge is 0.455 e. The Kier molecular flexibility index (Phi) is 7.30. The number of rotatable bonds is 6. The molecule has 0 saturated carbocycles. The number of benzene rings is 2. The first kappa shape index (κ1) is 23.2. The molecule has 1 N–H and O–H groups in total. The number of halogens is 2. The van der Waals surface area contributed by atoms with Crippen molar-refractivity contribution in [3.05, 3.63) is 58.9 Å². The van der Waals surface area contributed by atoms with Gasteiger partial charge in [-0.15, -0.1) is 0 Å². The molecule has 0 spiro atoms. The number of carbonyl (C=O) groups is 2. The normalized spacial score (nSPS) is 17.2. The average molecular weight is 469 g/mol. The molecular formula is C21H22ClFN2O5S. The summed E-state index contributed by atoms with van der Waals surface area (Å²) in [5, 5.41) is 3.13. The molecule has 0 radical (unpaired) electrons. The molecule has 1 saturated heterocycles. The number of anilines is 1. The second kappa shape index (κ2) is 9.76. The number of carbonyl (C=O) groups excluding carboxylic acids is 2. The maximum atomic E-state index is 13.1. The standard InChI is InChI=1S/C21H22ClFN2O5S/c1-14-18(22)5-2-6-19(14)24-20(26)13-30-21(27)15-4-3-11-25(12-15)31(28,29)17-9-7-16(23)8-10-17/h2,5-10,15H,3-4,11-13H2,1H3,(H,24,26). The minimum Gasteiger partial charge on any atom is -0.455 e. The Balaban J connectivity index is 1.57. The van der Waals surface area contributed by atoms with Crippen molar-refractivity contribution in [1.82, 2.24) is 4.31 Å². The van der Waals surface area contributed by atoms with E-state index in [1.165, 1.54) is 16.4 Å². The van der Waals surface area contributed by atoms with Gasteiger partial charge in [0.2, 0.25) is 10.0 Å². The minimum absolute atomic E-state index is 0.0424. The monoisotopic (exact) mass is 468 g/mol. The van der Waals surface area contributed by atoms with Crippen LogP contribution in [0.25, 0.3) is 0 Å². The van der Waals surface area contributed by atoms with E-state index < -0.39 is 40.2 Å². The van der Waals surface area contributed by atoms with Crippen molar-refractivity contribution < 1.29 is 27.1 Å². The van der Waals surface area contributed by atoms with Crippen LogP contribution in [-0.4, -0.2) is 44.3 Å². The summed E-state index contributed by atoms with van der Waals surface area (Å²) in [6.45, 7) is 1.44. The zero-order valence-electron chi connectivity index (χ0n) is 16.8. The summed E-state index contributed by atoms with van der Waals surface area (Å²) in [5.41, 5.74) is 1.21. The first-order valence-corrected chi connectivity index (χ1v) is 11.5. The van der Waals surface area contributed by atoms with Gasteiger partial charge in [0, 0.05) is 23.8 Å². The zero-order chi connectivity index (χ0) is 22.6. The van der Waals surface area contributed by atoms with Crippen molar-refractivity contribution in [3.63, 3.8) is 0 Å². The molecule has 2 aromatic rings. The number of amides is 1. The Hall–Kier alpha value is -2.49.